The largest absolute Gasteiger partial charge is 0.352 e. The highest BCUT2D eigenvalue weighted by Crippen LogP contribution is 2.41. The Balaban J connectivity index is 1.43. The van der Waals surface area contributed by atoms with Crippen molar-refractivity contribution in [3.63, 3.8) is 0 Å². The van der Waals surface area contributed by atoms with Crippen LogP contribution >= 0.6 is 11.8 Å². The zero-order valence-electron chi connectivity index (χ0n) is 17.4. The first-order valence-corrected chi connectivity index (χ1v) is 11.8. The van der Waals surface area contributed by atoms with Crippen molar-refractivity contribution in [2.24, 2.45) is 5.92 Å². The van der Waals surface area contributed by atoms with Crippen LogP contribution < -0.4 is 10.2 Å². The van der Waals surface area contributed by atoms with Crippen molar-refractivity contribution in [1.82, 2.24) is 20.1 Å². The van der Waals surface area contributed by atoms with Gasteiger partial charge in [-0.25, -0.2) is 0 Å². The Morgan fingerprint density at radius 1 is 1.21 bits per heavy atom. The van der Waals surface area contributed by atoms with E-state index in [9.17, 15) is 4.79 Å². The Bertz CT molecular complexity index is 839. The Labute approximate surface area is 177 Å². The van der Waals surface area contributed by atoms with Crippen molar-refractivity contribution >= 4 is 23.6 Å². The number of amides is 1. The summed E-state index contributed by atoms with van der Waals surface area (Å²) in [5.74, 6) is 2.28. The number of thioether (sulfide) groups is 1. The molecule has 0 bridgehead atoms. The summed E-state index contributed by atoms with van der Waals surface area (Å²) in [6, 6.07) is 8.47. The predicted molar refractivity (Wildman–Crippen MR) is 118 cm³/mol. The Morgan fingerprint density at radius 2 is 2.00 bits per heavy atom. The fraction of sp³-hybridized carbons (Fsp3) is 0.591. The lowest BCUT2D eigenvalue weighted by Crippen LogP contribution is -2.31. The maximum absolute atomic E-state index is 12.4. The third kappa shape index (κ3) is 5.13. The van der Waals surface area contributed by atoms with Gasteiger partial charge >= 0.3 is 0 Å². The number of anilines is 1. The van der Waals surface area contributed by atoms with Crippen LogP contribution in [0.5, 0.6) is 0 Å². The minimum atomic E-state index is -0.000850. The summed E-state index contributed by atoms with van der Waals surface area (Å²) < 4.78 is 2.36. The molecule has 2 aliphatic rings. The number of rotatable bonds is 8. The lowest BCUT2D eigenvalue weighted by Gasteiger charge is -2.27. The molecule has 29 heavy (non-hydrogen) atoms. The first-order valence-electron chi connectivity index (χ1n) is 10.8. The van der Waals surface area contributed by atoms with E-state index in [1.165, 1.54) is 32.1 Å². The van der Waals surface area contributed by atoms with Gasteiger partial charge in [-0.2, -0.15) is 0 Å². The minimum absolute atomic E-state index is 0.000850. The van der Waals surface area contributed by atoms with E-state index in [2.05, 4.69) is 44.9 Å². The van der Waals surface area contributed by atoms with Crippen LogP contribution in [0.15, 0.2) is 29.4 Å². The number of hydrogen-bond donors (Lipinski definition) is 1. The zero-order chi connectivity index (χ0) is 20.2. The molecule has 0 unspecified atom stereocenters. The van der Waals surface area contributed by atoms with Crippen LogP contribution in [-0.4, -0.2) is 40.3 Å². The molecule has 4 rings (SSSR count). The summed E-state index contributed by atoms with van der Waals surface area (Å²) in [4.78, 5) is 14.8. The molecule has 0 radical (unpaired) electrons. The van der Waals surface area contributed by atoms with Crippen molar-refractivity contribution < 1.29 is 4.79 Å². The van der Waals surface area contributed by atoms with E-state index in [1.807, 2.05) is 18.2 Å². The van der Waals surface area contributed by atoms with Crippen LogP contribution in [-0.2, 0) is 5.75 Å². The summed E-state index contributed by atoms with van der Waals surface area (Å²) in [5.41, 5.74) is 1.86. The average molecular weight is 414 g/mol. The van der Waals surface area contributed by atoms with Crippen LogP contribution in [0, 0.1) is 5.92 Å². The lowest BCUT2D eigenvalue weighted by molar-refractivity contribution is 0.0949. The first-order chi connectivity index (χ1) is 14.1. The molecule has 2 heterocycles. The molecule has 1 aromatic carbocycles. The maximum Gasteiger partial charge on any atom is 0.251 e. The van der Waals surface area contributed by atoms with Crippen LogP contribution in [0.3, 0.4) is 0 Å². The van der Waals surface area contributed by atoms with Crippen LogP contribution in [0.4, 0.5) is 5.95 Å². The Morgan fingerprint density at radius 3 is 2.72 bits per heavy atom. The number of carbonyl (C=O) groups excluding carboxylic acids is 1. The second kappa shape index (κ2) is 9.20. The number of aromatic nitrogens is 3. The standard InChI is InChI=1S/C22H31N5OS/c1-16(2)14-23-20(28)18-8-6-7-17(13-18)15-29-22-25-24-21(27(22)19-9-10-19)26-11-4-3-5-12-26/h6-8,13,16,19H,3-5,9-12,14-15H2,1-2H3,(H,23,28). The molecule has 6 nitrogen and oxygen atoms in total. The summed E-state index contributed by atoms with van der Waals surface area (Å²) in [7, 11) is 0. The van der Waals surface area contributed by atoms with Crippen molar-refractivity contribution in [2.75, 3.05) is 24.5 Å². The van der Waals surface area contributed by atoms with E-state index in [0.29, 0.717) is 18.5 Å². The van der Waals surface area contributed by atoms with Gasteiger partial charge in [0, 0.05) is 37.0 Å². The smallest absolute Gasteiger partial charge is 0.251 e. The molecule has 7 heteroatoms. The molecule has 1 aliphatic carbocycles. The molecule has 1 saturated carbocycles. The summed E-state index contributed by atoms with van der Waals surface area (Å²) >= 11 is 1.72. The van der Waals surface area contributed by atoms with Gasteiger partial charge in [0.2, 0.25) is 5.95 Å². The van der Waals surface area contributed by atoms with Gasteiger partial charge in [-0.3, -0.25) is 9.36 Å². The van der Waals surface area contributed by atoms with Crippen LogP contribution in [0.25, 0.3) is 0 Å². The van der Waals surface area contributed by atoms with Gasteiger partial charge < -0.3 is 10.2 Å². The molecule has 156 valence electrons. The number of nitrogens with zero attached hydrogens (tertiary/aromatic N) is 4. The van der Waals surface area contributed by atoms with E-state index >= 15 is 0 Å². The van der Waals surface area contributed by atoms with E-state index in [4.69, 9.17) is 0 Å². The number of nitrogens with one attached hydrogen (secondary N) is 1. The molecule has 1 saturated heterocycles. The van der Waals surface area contributed by atoms with Gasteiger partial charge in [-0.15, -0.1) is 10.2 Å². The second-order valence-electron chi connectivity index (χ2n) is 8.52. The first kappa shape index (κ1) is 20.3. The Kier molecular flexibility index (Phi) is 6.43. The molecule has 1 amide bonds. The molecular weight excluding hydrogens is 382 g/mol. The zero-order valence-corrected chi connectivity index (χ0v) is 18.2. The predicted octanol–water partition coefficient (Wildman–Crippen LogP) is 4.28. The van der Waals surface area contributed by atoms with E-state index < -0.39 is 0 Å². The lowest BCUT2D eigenvalue weighted by atomic mass is 10.1. The molecule has 1 aromatic heterocycles. The Hall–Kier alpha value is -2.02. The van der Waals surface area contributed by atoms with Crippen molar-refractivity contribution in [2.45, 2.75) is 62.9 Å². The molecule has 1 aliphatic heterocycles. The quantitative estimate of drug-likeness (QED) is 0.655. The molecule has 0 atom stereocenters. The van der Waals surface area contributed by atoms with Gasteiger partial charge in [0.05, 0.1) is 0 Å². The molecular formula is C22H31N5OS. The van der Waals surface area contributed by atoms with Crippen molar-refractivity contribution in [3.8, 4) is 0 Å². The fourth-order valence-corrected chi connectivity index (χ4v) is 4.62. The summed E-state index contributed by atoms with van der Waals surface area (Å²) in [5, 5.41) is 13.1. The molecule has 2 aromatic rings. The van der Waals surface area contributed by atoms with Gasteiger partial charge in [0.15, 0.2) is 5.16 Å². The second-order valence-corrected chi connectivity index (χ2v) is 9.47. The highest BCUT2D eigenvalue weighted by molar-refractivity contribution is 7.98. The van der Waals surface area contributed by atoms with Crippen molar-refractivity contribution in [3.05, 3.63) is 35.4 Å². The van der Waals surface area contributed by atoms with Gasteiger partial charge in [0.1, 0.15) is 0 Å². The van der Waals surface area contributed by atoms with Gasteiger partial charge in [-0.05, 0) is 55.7 Å². The third-order valence-corrected chi connectivity index (χ3v) is 6.44. The minimum Gasteiger partial charge on any atom is -0.352 e. The maximum atomic E-state index is 12.4. The highest BCUT2D eigenvalue weighted by Gasteiger charge is 2.32. The fourth-order valence-electron chi connectivity index (χ4n) is 3.68. The van der Waals surface area contributed by atoms with Crippen LogP contribution in [0.1, 0.15) is 67.9 Å². The van der Waals surface area contributed by atoms with E-state index in [-0.39, 0.29) is 5.91 Å². The number of benzene rings is 1. The average Bonchev–Trinajstić information content (AvgIpc) is 3.50. The normalized spacial score (nSPS) is 17.0. The SMILES string of the molecule is CC(C)CNC(=O)c1cccc(CSc2nnc(N3CCCCC3)n2C2CC2)c1. The summed E-state index contributed by atoms with van der Waals surface area (Å²) in [6.45, 7) is 7.07. The third-order valence-electron chi connectivity index (χ3n) is 5.43. The summed E-state index contributed by atoms with van der Waals surface area (Å²) in [6.07, 6.45) is 6.24. The molecule has 2 fully saturated rings. The topological polar surface area (TPSA) is 63.1 Å². The molecule has 1 N–H and O–H groups in total. The van der Waals surface area contributed by atoms with Crippen molar-refractivity contribution in [1.29, 1.82) is 0 Å². The number of carbonyl (C=O) groups is 1. The van der Waals surface area contributed by atoms with E-state index in [1.54, 1.807) is 11.8 Å². The number of hydrogen-bond acceptors (Lipinski definition) is 5. The van der Waals surface area contributed by atoms with Crippen LogP contribution in [0.2, 0.25) is 0 Å². The highest BCUT2D eigenvalue weighted by atomic mass is 32.2. The number of piperidine rings is 1. The van der Waals surface area contributed by atoms with E-state index in [0.717, 1.165) is 41.1 Å². The van der Waals surface area contributed by atoms with Gasteiger partial charge in [0.25, 0.3) is 5.91 Å². The van der Waals surface area contributed by atoms with Gasteiger partial charge in [-0.1, -0.05) is 37.7 Å². The molecule has 0 spiro atoms. The monoisotopic (exact) mass is 413 g/mol.